The molecule has 1 atom stereocenters. The van der Waals surface area contributed by atoms with Crippen molar-refractivity contribution in [1.29, 1.82) is 0 Å². The minimum atomic E-state index is -0.807. The molecule has 0 aliphatic rings. The van der Waals surface area contributed by atoms with Crippen molar-refractivity contribution in [3.05, 3.63) is 0 Å². The second-order valence-electron chi connectivity index (χ2n) is 1.56. The maximum absolute atomic E-state index is 8.64. The predicted octanol–water partition coefficient (Wildman–Crippen LogP) is -1.01. The number of rotatable bonds is 4. The lowest BCUT2D eigenvalue weighted by Crippen LogP contribution is -2.19. The first-order valence-corrected chi connectivity index (χ1v) is 2.61. The summed E-state index contributed by atoms with van der Waals surface area (Å²) in [5, 5.41) is 16.9. The number of hydrogen-bond donors (Lipinski definition) is 2. The van der Waals surface area contributed by atoms with Crippen LogP contribution in [0.5, 0.6) is 0 Å². The Morgan fingerprint density at radius 1 is 1.67 bits per heavy atom. The third kappa shape index (κ3) is 5.31. The molecule has 0 rings (SSSR count). The van der Waals surface area contributed by atoms with Crippen LogP contribution in [0.1, 0.15) is 0 Å². The van der Waals surface area contributed by atoms with Crippen molar-refractivity contribution in [1.82, 2.24) is 0 Å². The van der Waals surface area contributed by atoms with Crippen LogP contribution in [-0.4, -0.2) is 36.1 Å². The molecule has 0 aliphatic heterocycles. The fourth-order valence-corrected chi connectivity index (χ4v) is 0.307. The van der Waals surface area contributed by atoms with Gasteiger partial charge in [0.2, 0.25) is 0 Å². The van der Waals surface area contributed by atoms with Crippen molar-refractivity contribution in [2.75, 3.05) is 19.8 Å². The summed E-state index contributed by atoms with van der Waals surface area (Å²) in [5.74, 6) is 2.23. The normalized spacial score (nSPS) is 12.6. The van der Waals surface area contributed by atoms with E-state index in [0.717, 1.165) is 0 Å². The van der Waals surface area contributed by atoms with Gasteiger partial charge in [-0.2, -0.15) is 0 Å². The maximum atomic E-state index is 8.64. The average Bonchev–Trinajstić information content (AvgIpc) is 1.89. The zero-order chi connectivity index (χ0) is 7.11. The molecular formula is C6H10O3. The second kappa shape index (κ2) is 5.57. The van der Waals surface area contributed by atoms with E-state index in [1.807, 2.05) is 0 Å². The molecule has 0 bridgehead atoms. The van der Waals surface area contributed by atoms with Crippen molar-refractivity contribution in [2.45, 2.75) is 6.10 Å². The van der Waals surface area contributed by atoms with E-state index in [9.17, 15) is 0 Å². The van der Waals surface area contributed by atoms with Gasteiger partial charge in [0.05, 0.1) is 13.2 Å². The highest BCUT2D eigenvalue weighted by Gasteiger charge is 1.98. The Hall–Kier alpha value is -0.560. The van der Waals surface area contributed by atoms with Crippen LogP contribution in [0.3, 0.4) is 0 Å². The number of terminal acetylenes is 1. The van der Waals surface area contributed by atoms with Gasteiger partial charge in [-0.05, 0) is 0 Å². The Labute approximate surface area is 54.3 Å². The van der Waals surface area contributed by atoms with E-state index in [1.54, 1.807) is 0 Å². The van der Waals surface area contributed by atoms with Gasteiger partial charge in [-0.25, -0.2) is 0 Å². The molecule has 0 amide bonds. The van der Waals surface area contributed by atoms with Crippen LogP contribution in [0.2, 0.25) is 0 Å². The Balaban J connectivity index is 2.99. The molecule has 0 saturated heterocycles. The van der Waals surface area contributed by atoms with Gasteiger partial charge in [-0.3, -0.25) is 0 Å². The van der Waals surface area contributed by atoms with E-state index in [0.29, 0.717) is 0 Å². The second-order valence-corrected chi connectivity index (χ2v) is 1.56. The topological polar surface area (TPSA) is 49.7 Å². The molecule has 0 aromatic carbocycles. The minimum Gasteiger partial charge on any atom is -0.394 e. The molecular weight excluding hydrogens is 120 g/mol. The summed E-state index contributed by atoms with van der Waals surface area (Å²) in [6, 6.07) is 0. The first-order valence-electron chi connectivity index (χ1n) is 2.61. The van der Waals surface area contributed by atoms with Crippen LogP contribution in [0.15, 0.2) is 0 Å². The number of ether oxygens (including phenoxy) is 1. The molecule has 52 valence electrons. The summed E-state index contributed by atoms with van der Waals surface area (Å²) in [6.45, 7) is -0.0116. The van der Waals surface area contributed by atoms with Crippen LogP contribution in [0.25, 0.3) is 0 Å². The fraction of sp³-hybridized carbons (Fsp3) is 0.667. The zero-order valence-corrected chi connectivity index (χ0v) is 5.08. The Morgan fingerprint density at radius 3 is 2.78 bits per heavy atom. The number of hydrogen-bond acceptors (Lipinski definition) is 3. The average molecular weight is 130 g/mol. The van der Waals surface area contributed by atoms with Gasteiger partial charge in [0.1, 0.15) is 12.7 Å². The Kier molecular flexibility index (Phi) is 5.23. The smallest absolute Gasteiger partial charge is 0.107 e. The highest BCUT2D eigenvalue weighted by atomic mass is 16.5. The van der Waals surface area contributed by atoms with Gasteiger partial charge in [0.25, 0.3) is 0 Å². The molecule has 0 aromatic rings. The molecule has 0 saturated carbocycles. The van der Waals surface area contributed by atoms with Crippen molar-refractivity contribution in [3.63, 3.8) is 0 Å². The molecule has 9 heavy (non-hydrogen) atoms. The summed E-state index contributed by atoms with van der Waals surface area (Å²) >= 11 is 0. The van der Waals surface area contributed by atoms with Crippen molar-refractivity contribution in [2.24, 2.45) is 0 Å². The van der Waals surface area contributed by atoms with E-state index >= 15 is 0 Å². The lowest BCUT2D eigenvalue weighted by Gasteiger charge is -2.04. The van der Waals surface area contributed by atoms with E-state index in [1.165, 1.54) is 0 Å². The number of aliphatic hydroxyl groups is 2. The quantitative estimate of drug-likeness (QED) is 0.378. The molecule has 0 spiro atoms. The van der Waals surface area contributed by atoms with E-state index in [4.69, 9.17) is 16.6 Å². The number of aliphatic hydroxyl groups excluding tert-OH is 2. The van der Waals surface area contributed by atoms with Gasteiger partial charge in [0, 0.05) is 0 Å². The molecule has 3 nitrogen and oxygen atoms in total. The third-order valence-electron chi connectivity index (χ3n) is 0.706. The van der Waals surface area contributed by atoms with Gasteiger partial charge >= 0.3 is 0 Å². The van der Waals surface area contributed by atoms with Crippen LogP contribution in [0.4, 0.5) is 0 Å². The van der Waals surface area contributed by atoms with Crippen LogP contribution in [0, 0.1) is 12.3 Å². The van der Waals surface area contributed by atoms with Gasteiger partial charge < -0.3 is 14.9 Å². The van der Waals surface area contributed by atoms with Gasteiger partial charge in [-0.15, -0.1) is 6.42 Å². The van der Waals surface area contributed by atoms with E-state index < -0.39 is 6.10 Å². The largest absolute Gasteiger partial charge is 0.394 e. The zero-order valence-electron chi connectivity index (χ0n) is 5.08. The fourth-order valence-electron chi connectivity index (χ4n) is 0.307. The summed E-state index contributed by atoms with van der Waals surface area (Å²) in [4.78, 5) is 0. The molecule has 0 fully saturated rings. The molecule has 3 heteroatoms. The molecule has 0 radical (unpaired) electrons. The first kappa shape index (κ1) is 8.44. The molecule has 0 heterocycles. The molecule has 0 unspecified atom stereocenters. The highest BCUT2D eigenvalue weighted by Crippen LogP contribution is 1.81. The van der Waals surface area contributed by atoms with Crippen LogP contribution >= 0.6 is 0 Å². The third-order valence-corrected chi connectivity index (χ3v) is 0.706. The summed E-state index contributed by atoms with van der Waals surface area (Å²) in [6.07, 6.45) is 4.03. The van der Waals surface area contributed by atoms with Gasteiger partial charge in [-0.1, -0.05) is 5.92 Å². The lowest BCUT2D eigenvalue weighted by atomic mass is 10.4. The lowest BCUT2D eigenvalue weighted by molar-refractivity contribution is 0.0164. The Morgan fingerprint density at radius 2 is 2.33 bits per heavy atom. The Bertz CT molecular complexity index is 95.0. The van der Waals surface area contributed by atoms with Gasteiger partial charge in [0.15, 0.2) is 0 Å². The van der Waals surface area contributed by atoms with E-state index in [2.05, 4.69) is 10.7 Å². The SMILES string of the molecule is C#CCOC[C@H](O)CO. The van der Waals surface area contributed by atoms with Crippen molar-refractivity contribution in [3.8, 4) is 12.3 Å². The van der Waals surface area contributed by atoms with Crippen molar-refractivity contribution >= 4 is 0 Å². The standard InChI is InChI=1S/C6H10O3/c1-2-3-9-5-6(8)4-7/h1,6-8H,3-5H2/t6-/m1/s1. The van der Waals surface area contributed by atoms with Crippen molar-refractivity contribution < 1.29 is 14.9 Å². The monoisotopic (exact) mass is 130 g/mol. The van der Waals surface area contributed by atoms with E-state index in [-0.39, 0.29) is 19.8 Å². The molecule has 2 N–H and O–H groups in total. The van der Waals surface area contributed by atoms with Crippen LogP contribution < -0.4 is 0 Å². The minimum absolute atomic E-state index is 0.0979. The molecule has 0 aliphatic carbocycles. The summed E-state index contributed by atoms with van der Waals surface area (Å²) < 4.78 is 4.69. The first-order chi connectivity index (χ1) is 4.31. The maximum Gasteiger partial charge on any atom is 0.107 e. The highest BCUT2D eigenvalue weighted by molar-refractivity contribution is 4.82. The molecule has 0 aromatic heterocycles. The summed E-state index contributed by atoms with van der Waals surface area (Å²) in [5.41, 5.74) is 0. The summed E-state index contributed by atoms with van der Waals surface area (Å²) in [7, 11) is 0. The van der Waals surface area contributed by atoms with Crippen LogP contribution in [-0.2, 0) is 4.74 Å². The predicted molar refractivity (Wildman–Crippen MR) is 32.7 cm³/mol.